The van der Waals surface area contributed by atoms with Crippen molar-refractivity contribution < 1.29 is 9.59 Å². The minimum absolute atomic E-state index is 0.0420. The molecule has 2 fully saturated rings. The van der Waals surface area contributed by atoms with Crippen LogP contribution < -0.4 is 5.32 Å². The molecule has 1 aromatic carbocycles. The molecule has 150 valence electrons. The number of carbonyl (C=O) groups is 2. The second-order valence-electron chi connectivity index (χ2n) is 8.70. The SMILES string of the molecule is O=C(C[C@H]1CC2(CCN(C(=O)c3cnccn3)CC2)c2ccccc21)NC1CC1. The second kappa shape index (κ2) is 7.25. The van der Waals surface area contributed by atoms with Crippen molar-refractivity contribution in [3.05, 3.63) is 59.7 Å². The molecule has 1 atom stereocenters. The Kier molecular flexibility index (Phi) is 4.57. The summed E-state index contributed by atoms with van der Waals surface area (Å²) in [7, 11) is 0. The van der Waals surface area contributed by atoms with Crippen LogP contribution in [0.1, 0.15) is 66.1 Å². The number of likely N-dealkylation sites (tertiary alicyclic amines) is 1. The van der Waals surface area contributed by atoms with Crippen molar-refractivity contribution in [3.63, 3.8) is 0 Å². The van der Waals surface area contributed by atoms with Crippen molar-refractivity contribution in [2.75, 3.05) is 13.1 Å². The first kappa shape index (κ1) is 18.3. The van der Waals surface area contributed by atoms with Gasteiger partial charge in [-0.05, 0) is 54.6 Å². The lowest BCUT2D eigenvalue weighted by atomic mass is 9.73. The molecule has 0 bridgehead atoms. The number of hydrogen-bond acceptors (Lipinski definition) is 4. The fourth-order valence-electron chi connectivity index (χ4n) is 5.13. The fraction of sp³-hybridized carbons (Fsp3) is 0.478. The van der Waals surface area contributed by atoms with E-state index in [-0.39, 0.29) is 23.1 Å². The Labute approximate surface area is 170 Å². The number of amides is 2. The average Bonchev–Trinajstić information content (AvgIpc) is 3.53. The normalized spacial score (nSPS) is 22.3. The highest BCUT2D eigenvalue weighted by atomic mass is 16.2. The Bertz CT molecular complexity index is 917. The monoisotopic (exact) mass is 390 g/mol. The second-order valence-corrected chi connectivity index (χ2v) is 8.70. The van der Waals surface area contributed by atoms with Crippen molar-refractivity contribution in [1.29, 1.82) is 0 Å². The van der Waals surface area contributed by atoms with Crippen LogP contribution in [0.25, 0.3) is 0 Å². The van der Waals surface area contributed by atoms with E-state index in [1.54, 1.807) is 12.4 Å². The van der Waals surface area contributed by atoms with Crippen molar-refractivity contribution in [3.8, 4) is 0 Å². The van der Waals surface area contributed by atoms with Gasteiger partial charge in [0.2, 0.25) is 5.91 Å². The maximum atomic E-state index is 12.7. The molecule has 5 rings (SSSR count). The van der Waals surface area contributed by atoms with E-state index in [4.69, 9.17) is 0 Å². The lowest BCUT2D eigenvalue weighted by molar-refractivity contribution is -0.121. The molecule has 0 unspecified atom stereocenters. The molecule has 6 nitrogen and oxygen atoms in total. The lowest BCUT2D eigenvalue weighted by Gasteiger charge is -2.40. The Morgan fingerprint density at radius 3 is 2.66 bits per heavy atom. The van der Waals surface area contributed by atoms with Gasteiger partial charge in [0.15, 0.2) is 0 Å². The first-order valence-corrected chi connectivity index (χ1v) is 10.6. The van der Waals surface area contributed by atoms with Crippen molar-refractivity contribution in [2.24, 2.45) is 0 Å². The van der Waals surface area contributed by atoms with E-state index in [1.807, 2.05) is 4.90 Å². The third kappa shape index (κ3) is 3.52. The van der Waals surface area contributed by atoms with Crippen LogP contribution in [-0.4, -0.2) is 45.8 Å². The molecule has 3 aliphatic rings. The molecule has 1 saturated carbocycles. The Morgan fingerprint density at radius 1 is 1.14 bits per heavy atom. The van der Waals surface area contributed by atoms with Gasteiger partial charge in [0, 0.05) is 37.9 Å². The van der Waals surface area contributed by atoms with Gasteiger partial charge in [0.25, 0.3) is 5.91 Å². The summed E-state index contributed by atoms with van der Waals surface area (Å²) in [5.74, 6) is 0.409. The minimum atomic E-state index is -0.0420. The van der Waals surface area contributed by atoms with Crippen LogP contribution in [0.3, 0.4) is 0 Å². The summed E-state index contributed by atoms with van der Waals surface area (Å²) in [6.07, 6.45) is 10.3. The number of nitrogens with zero attached hydrogens (tertiary/aromatic N) is 3. The summed E-state index contributed by atoms with van der Waals surface area (Å²) in [6, 6.07) is 9.01. The molecule has 2 heterocycles. The molecular weight excluding hydrogens is 364 g/mol. The molecule has 1 aliphatic heterocycles. The summed E-state index contributed by atoms with van der Waals surface area (Å²) in [5, 5.41) is 3.14. The van der Waals surface area contributed by atoms with Gasteiger partial charge in [-0.25, -0.2) is 4.98 Å². The molecule has 1 N–H and O–H groups in total. The zero-order chi connectivity index (χ0) is 19.8. The van der Waals surface area contributed by atoms with Crippen LogP contribution in [0.2, 0.25) is 0 Å². The average molecular weight is 390 g/mol. The number of hydrogen-bond donors (Lipinski definition) is 1. The number of aromatic nitrogens is 2. The van der Waals surface area contributed by atoms with Gasteiger partial charge in [0.05, 0.1) is 6.20 Å². The quantitative estimate of drug-likeness (QED) is 0.871. The number of nitrogens with one attached hydrogen (secondary N) is 1. The number of piperidine rings is 1. The number of rotatable bonds is 4. The maximum absolute atomic E-state index is 12.7. The summed E-state index contributed by atoms with van der Waals surface area (Å²) in [4.78, 5) is 35.3. The molecule has 2 aliphatic carbocycles. The van der Waals surface area contributed by atoms with E-state index in [2.05, 4.69) is 39.6 Å². The fourth-order valence-corrected chi connectivity index (χ4v) is 5.13. The summed E-state index contributed by atoms with van der Waals surface area (Å²) < 4.78 is 0. The van der Waals surface area contributed by atoms with Gasteiger partial charge in [-0.15, -0.1) is 0 Å². The molecular formula is C23H26N4O2. The zero-order valence-electron chi connectivity index (χ0n) is 16.5. The van der Waals surface area contributed by atoms with Gasteiger partial charge in [-0.3, -0.25) is 14.6 Å². The first-order valence-electron chi connectivity index (χ1n) is 10.6. The summed E-state index contributed by atoms with van der Waals surface area (Å²) in [5.41, 5.74) is 3.19. The highest BCUT2D eigenvalue weighted by Crippen LogP contribution is 2.52. The minimum Gasteiger partial charge on any atom is -0.353 e. The topological polar surface area (TPSA) is 75.2 Å². The van der Waals surface area contributed by atoms with E-state index >= 15 is 0 Å². The molecule has 29 heavy (non-hydrogen) atoms. The molecule has 1 aromatic heterocycles. The summed E-state index contributed by atoms with van der Waals surface area (Å²) >= 11 is 0. The van der Waals surface area contributed by atoms with Gasteiger partial charge in [-0.1, -0.05) is 24.3 Å². The summed E-state index contributed by atoms with van der Waals surface area (Å²) in [6.45, 7) is 1.43. The molecule has 2 amide bonds. The lowest BCUT2D eigenvalue weighted by Crippen LogP contribution is -2.44. The number of benzene rings is 1. The van der Waals surface area contributed by atoms with E-state index in [9.17, 15) is 9.59 Å². The standard InChI is InChI=1S/C23H26N4O2/c28-21(26-17-5-6-17)13-16-14-23(19-4-2-1-3-18(16)19)7-11-27(12-8-23)22(29)20-15-24-9-10-25-20/h1-4,9-10,15-17H,5-8,11-14H2,(H,26,28)/t16-/m0/s1. The Balaban J connectivity index is 1.31. The van der Waals surface area contributed by atoms with Crippen molar-refractivity contribution in [2.45, 2.75) is 55.9 Å². The highest BCUT2D eigenvalue weighted by Gasteiger charge is 2.46. The largest absolute Gasteiger partial charge is 0.353 e. The Hall–Kier alpha value is -2.76. The van der Waals surface area contributed by atoms with Crippen molar-refractivity contribution >= 4 is 11.8 Å². The third-order valence-electron chi connectivity index (χ3n) is 6.77. The molecule has 6 heteroatoms. The van der Waals surface area contributed by atoms with E-state index < -0.39 is 0 Å². The molecule has 0 radical (unpaired) electrons. The smallest absolute Gasteiger partial charge is 0.274 e. The van der Waals surface area contributed by atoms with Crippen molar-refractivity contribution in [1.82, 2.24) is 20.2 Å². The predicted octanol–water partition coefficient (Wildman–Crippen LogP) is 2.81. The van der Waals surface area contributed by atoms with Crippen LogP contribution in [-0.2, 0) is 10.2 Å². The molecule has 1 spiro atoms. The van der Waals surface area contributed by atoms with E-state index in [0.29, 0.717) is 31.2 Å². The van der Waals surface area contributed by atoms with E-state index in [0.717, 1.165) is 32.1 Å². The molecule has 1 saturated heterocycles. The van der Waals surface area contributed by atoms with Gasteiger partial charge in [-0.2, -0.15) is 0 Å². The maximum Gasteiger partial charge on any atom is 0.274 e. The Morgan fingerprint density at radius 2 is 1.93 bits per heavy atom. The van der Waals surface area contributed by atoms with Gasteiger partial charge < -0.3 is 10.2 Å². The van der Waals surface area contributed by atoms with Gasteiger partial charge >= 0.3 is 0 Å². The zero-order valence-corrected chi connectivity index (χ0v) is 16.5. The molecule has 2 aromatic rings. The van der Waals surface area contributed by atoms with E-state index in [1.165, 1.54) is 17.3 Å². The van der Waals surface area contributed by atoms with Crippen LogP contribution in [0.15, 0.2) is 42.9 Å². The predicted molar refractivity (Wildman–Crippen MR) is 108 cm³/mol. The van der Waals surface area contributed by atoms with Crippen LogP contribution in [0.5, 0.6) is 0 Å². The van der Waals surface area contributed by atoms with Crippen LogP contribution >= 0.6 is 0 Å². The first-order chi connectivity index (χ1) is 14.1. The number of carbonyl (C=O) groups excluding carboxylic acids is 2. The number of fused-ring (bicyclic) bond motifs is 2. The van der Waals surface area contributed by atoms with Gasteiger partial charge in [0.1, 0.15) is 5.69 Å². The van der Waals surface area contributed by atoms with Crippen LogP contribution in [0, 0.1) is 0 Å². The third-order valence-corrected chi connectivity index (χ3v) is 6.77. The van der Waals surface area contributed by atoms with Crippen LogP contribution in [0.4, 0.5) is 0 Å². The highest BCUT2D eigenvalue weighted by molar-refractivity contribution is 5.92.